The second-order valence-corrected chi connectivity index (χ2v) is 17.0. The van der Waals surface area contributed by atoms with Gasteiger partial charge in [0, 0.05) is 41.3 Å². The molecule has 0 radical (unpaired) electrons. The number of methoxy groups -OCH3 is 1. The number of nitrogen functional groups attached to an aromatic ring is 1. The van der Waals surface area contributed by atoms with Gasteiger partial charge < -0.3 is 26.0 Å². The average Bonchev–Trinajstić information content (AvgIpc) is 3.31. The van der Waals surface area contributed by atoms with Crippen molar-refractivity contribution in [3.05, 3.63) is 82.0 Å². The first kappa shape index (κ1) is 39.7. The van der Waals surface area contributed by atoms with Gasteiger partial charge in [-0.1, -0.05) is 23.7 Å². The van der Waals surface area contributed by atoms with Crippen LogP contribution >= 0.6 is 11.6 Å². The van der Waals surface area contributed by atoms with E-state index in [9.17, 15) is 21.6 Å². The number of fused-ring (bicyclic) bond motifs is 1. The van der Waals surface area contributed by atoms with E-state index in [0.717, 1.165) is 21.0 Å². The Morgan fingerprint density at radius 3 is 2.15 bits per heavy atom. The van der Waals surface area contributed by atoms with Crippen molar-refractivity contribution in [3.8, 4) is 5.75 Å². The number of sulfonamides is 1. The van der Waals surface area contributed by atoms with Gasteiger partial charge in [-0.25, -0.2) is 21.9 Å². The topological polar surface area (TPSA) is 189 Å². The van der Waals surface area contributed by atoms with Crippen molar-refractivity contribution in [2.75, 3.05) is 64.8 Å². The van der Waals surface area contributed by atoms with Crippen LogP contribution in [0.15, 0.2) is 64.5 Å². The molecule has 1 unspecified atom stereocenters. The van der Waals surface area contributed by atoms with Crippen LogP contribution in [0, 0.1) is 13.8 Å². The van der Waals surface area contributed by atoms with Crippen molar-refractivity contribution < 1.29 is 30.6 Å². The minimum absolute atomic E-state index is 0.0202. The van der Waals surface area contributed by atoms with Gasteiger partial charge in [-0.05, 0) is 85.3 Å². The third kappa shape index (κ3) is 8.83. The lowest BCUT2D eigenvalue weighted by atomic mass is 10.0. The van der Waals surface area contributed by atoms with E-state index in [1.54, 1.807) is 43.0 Å². The fraction of sp³-hybridized carbons (Fsp3) is 0.343. The predicted octanol–water partition coefficient (Wildman–Crippen LogP) is 4.30. The first-order valence-electron chi connectivity index (χ1n) is 16.5. The van der Waals surface area contributed by atoms with Gasteiger partial charge in [-0.2, -0.15) is 13.4 Å². The lowest BCUT2D eigenvalue weighted by Gasteiger charge is -2.30. The molecule has 2 heterocycles. The normalized spacial score (nSPS) is 14.3. The number of ether oxygens (including phenoxy) is 1. The Morgan fingerprint density at radius 1 is 0.906 bits per heavy atom. The molecule has 4 N–H and O–H groups in total. The first-order chi connectivity index (χ1) is 24.9. The molecule has 4 aromatic rings. The third-order valence-electron chi connectivity index (χ3n) is 8.64. The number of carbonyl (C=O) groups excluding carboxylic acids is 1. The predicted molar refractivity (Wildman–Crippen MR) is 204 cm³/mol. The van der Waals surface area contributed by atoms with Crippen LogP contribution in [0.2, 0.25) is 5.02 Å². The highest BCUT2D eigenvalue weighted by Gasteiger charge is 2.36. The number of carbonyl (C=O) groups is 1. The smallest absolute Gasteiger partial charge is 0.301 e. The summed E-state index contributed by atoms with van der Waals surface area (Å²) in [6.07, 6.45) is 0.853. The maximum Gasteiger partial charge on any atom is 0.301 e. The van der Waals surface area contributed by atoms with Crippen LogP contribution in [0.4, 0.5) is 28.8 Å². The van der Waals surface area contributed by atoms with Gasteiger partial charge >= 0.3 is 10.1 Å². The Morgan fingerprint density at radius 2 is 1.53 bits per heavy atom. The Balaban J connectivity index is 1.41. The molecular formula is C35H43ClN8O7S2. The standard InChI is InChI=1S/C35H43ClN8O7S2/c1-21-8-10-26(37)30(16-21)53(48,49)51-34(33(45)42(3)4)44-14-12-23-18-28(29(50-7)19-24(23)13-15-44)40-35-38-20-25(36)32(41-35)39-27-11-9-22(2)17-31(27)52(46,47)43(5)6/h8-11,16-20,34H,12-15,37H2,1-7H3,(H2,38,39,40,41). The Bertz CT molecular complexity index is 2250. The molecule has 0 saturated carbocycles. The molecule has 15 nitrogen and oxygen atoms in total. The molecule has 5 rings (SSSR count). The Labute approximate surface area is 315 Å². The van der Waals surface area contributed by atoms with Crippen LogP contribution in [0.3, 0.4) is 0 Å². The molecular weight excluding hydrogens is 744 g/mol. The highest BCUT2D eigenvalue weighted by Crippen LogP contribution is 2.35. The van der Waals surface area contributed by atoms with Crippen LogP contribution in [-0.2, 0) is 42.0 Å². The second kappa shape index (κ2) is 15.8. The van der Waals surface area contributed by atoms with Crippen molar-refractivity contribution in [2.24, 2.45) is 0 Å². The molecule has 1 aliphatic rings. The summed E-state index contributed by atoms with van der Waals surface area (Å²) in [5.74, 6) is 0.275. The van der Waals surface area contributed by atoms with Gasteiger partial charge in [0.2, 0.25) is 22.2 Å². The summed E-state index contributed by atoms with van der Waals surface area (Å²) in [6, 6.07) is 13.3. The molecule has 0 saturated heterocycles. The van der Waals surface area contributed by atoms with Gasteiger partial charge in [0.1, 0.15) is 20.6 Å². The number of nitrogens with zero attached hydrogens (tertiary/aromatic N) is 5. The first-order valence-corrected chi connectivity index (χ1v) is 19.7. The zero-order valence-corrected chi connectivity index (χ0v) is 32.9. The molecule has 1 aliphatic heterocycles. The largest absolute Gasteiger partial charge is 0.495 e. The number of hydrogen-bond donors (Lipinski definition) is 3. The number of aromatic nitrogens is 2. The van der Waals surface area contributed by atoms with E-state index in [1.807, 2.05) is 12.1 Å². The maximum atomic E-state index is 13.5. The maximum absolute atomic E-state index is 13.5. The lowest BCUT2D eigenvalue weighted by molar-refractivity contribution is -0.144. The fourth-order valence-electron chi connectivity index (χ4n) is 5.69. The van der Waals surface area contributed by atoms with E-state index in [2.05, 4.69) is 20.6 Å². The molecule has 0 aliphatic carbocycles. The van der Waals surface area contributed by atoms with Crippen molar-refractivity contribution in [1.29, 1.82) is 0 Å². The number of halogens is 1. The van der Waals surface area contributed by atoms with E-state index < -0.39 is 32.3 Å². The number of hydrogen-bond acceptors (Lipinski definition) is 13. The summed E-state index contributed by atoms with van der Waals surface area (Å²) in [5, 5.41) is 6.39. The highest BCUT2D eigenvalue weighted by molar-refractivity contribution is 7.89. The zero-order valence-electron chi connectivity index (χ0n) is 30.5. The van der Waals surface area contributed by atoms with E-state index in [0.29, 0.717) is 42.9 Å². The average molecular weight is 787 g/mol. The third-order valence-corrected chi connectivity index (χ3v) is 12.1. The monoisotopic (exact) mass is 786 g/mol. The number of anilines is 5. The summed E-state index contributed by atoms with van der Waals surface area (Å²) in [7, 11) is -0.718. The summed E-state index contributed by atoms with van der Waals surface area (Å²) < 4.78 is 65.6. The van der Waals surface area contributed by atoms with E-state index in [-0.39, 0.29) is 38.0 Å². The van der Waals surface area contributed by atoms with Crippen molar-refractivity contribution in [2.45, 2.75) is 42.7 Å². The number of amides is 1. The number of likely N-dealkylation sites (N-methyl/N-ethyl adjacent to an activating group) is 1. The van der Waals surface area contributed by atoms with E-state index in [4.69, 9.17) is 26.3 Å². The molecule has 0 fully saturated rings. The number of aryl methyl sites for hydroxylation is 2. The molecule has 1 aromatic heterocycles. The molecule has 3 aromatic carbocycles. The van der Waals surface area contributed by atoms with Gasteiger partial charge in [-0.15, -0.1) is 0 Å². The molecule has 53 heavy (non-hydrogen) atoms. The van der Waals surface area contributed by atoms with Crippen LogP contribution in [-0.4, -0.2) is 101 Å². The van der Waals surface area contributed by atoms with Gasteiger partial charge in [0.15, 0.2) is 5.82 Å². The summed E-state index contributed by atoms with van der Waals surface area (Å²) in [5.41, 5.74) is 10.1. The number of nitrogens with one attached hydrogen (secondary N) is 2. The molecule has 284 valence electrons. The van der Waals surface area contributed by atoms with Gasteiger partial charge in [-0.3, -0.25) is 9.69 Å². The van der Waals surface area contributed by atoms with Crippen LogP contribution in [0.25, 0.3) is 0 Å². The summed E-state index contributed by atoms with van der Waals surface area (Å²) in [4.78, 5) is 25.1. The minimum Gasteiger partial charge on any atom is -0.495 e. The van der Waals surface area contributed by atoms with Crippen molar-refractivity contribution >= 4 is 66.5 Å². The summed E-state index contributed by atoms with van der Waals surface area (Å²) in [6.45, 7) is 4.14. The molecule has 0 spiro atoms. The summed E-state index contributed by atoms with van der Waals surface area (Å²) >= 11 is 6.47. The second-order valence-electron chi connectivity index (χ2n) is 13.0. The van der Waals surface area contributed by atoms with Gasteiger partial charge in [0.25, 0.3) is 5.91 Å². The quantitative estimate of drug-likeness (QED) is 0.136. The van der Waals surface area contributed by atoms with Crippen molar-refractivity contribution in [3.63, 3.8) is 0 Å². The fourth-order valence-corrected chi connectivity index (χ4v) is 8.19. The number of benzene rings is 3. The van der Waals surface area contributed by atoms with Crippen LogP contribution in [0.5, 0.6) is 5.75 Å². The number of rotatable bonds is 12. The molecule has 1 amide bonds. The van der Waals surface area contributed by atoms with Gasteiger partial charge in [0.05, 0.1) is 30.4 Å². The van der Waals surface area contributed by atoms with Crippen LogP contribution in [0.1, 0.15) is 22.3 Å². The SMILES string of the molecule is COc1cc2c(cc1Nc1ncc(Cl)c(Nc3ccc(C)cc3S(=O)(=O)N(C)C)n1)CCN(C(OS(=O)(=O)c1cc(C)ccc1N)C(=O)N(C)C)CC2. The molecule has 1 atom stereocenters. The zero-order chi connectivity index (χ0) is 38.8. The van der Waals surface area contributed by atoms with Crippen molar-refractivity contribution in [1.82, 2.24) is 24.1 Å². The Hall–Kier alpha value is -4.52. The molecule has 0 bridgehead atoms. The lowest BCUT2D eigenvalue weighted by Crippen LogP contribution is -2.50. The minimum atomic E-state index is -4.42. The van der Waals surface area contributed by atoms with Crippen LogP contribution < -0.4 is 21.1 Å². The highest BCUT2D eigenvalue weighted by atomic mass is 35.5. The van der Waals surface area contributed by atoms with E-state index >= 15 is 0 Å². The Kier molecular flexibility index (Phi) is 11.9. The van der Waals surface area contributed by atoms with E-state index in [1.165, 1.54) is 58.5 Å². The number of nitrogens with two attached hydrogens (primary N) is 1. The molecule has 18 heteroatoms.